The van der Waals surface area contributed by atoms with Crippen LogP contribution in [0.3, 0.4) is 0 Å². The number of halogens is 1. The van der Waals surface area contributed by atoms with Gasteiger partial charge in [-0.05, 0) is 18.4 Å². The molecule has 1 aromatic carbocycles. The fourth-order valence-corrected chi connectivity index (χ4v) is 4.78. The summed E-state index contributed by atoms with van der Waals surface area (Å²) in [5.41, 5.74) is 2.96. The molecule has 0 aliphatic carbocycles. The molecule has 0 amide bonds. The van der Waals surface area contributed by atoms with Gasteiger partial charge in [0.2, 0.25) is 10.0 Å². The molecule has 3 rings (SSSR count). The van der Waals surface area contributed by atoms with Gasteiger partial charge in [0.1, 0.15) is 12.0 Å². The maximum atomic E-state index is 12.6. The molecule has 1 atom stereocenters. The average molecular weight is 547 g/mol. The van der Waals surface area contributed by atoms with Gasteiger partial charge in [0.25, 0.3) is 0 Å². The van der Waals surface area contributed by atoms with Crippen LogP contribution in [0.25, 0.3) is 0 Å². The molecular formula is C20H30IN5O3S. The van der Waals surface area contributed by atoms with Gasteiger partial charge in [-0.2, -0.15) is 4.31 Å². The number of hydrogen-bond acceptors (Lipinski definition) is 5. The van der Waals surface area contributed by atoms with Crippen LogP contribution in [0, 0.1) is 6.92 Å². The van der Waals surface area contributed by atoms with E-state index in [0.717, 1.165) is 12.5 Å². The van der Waals surface area contributed by atoms with E-state index in [9.17, 15) is 8.42 Å². The smallest absolute Gasteiger partial charge is 0.220 e. The van der Waals surface area contributed by atoms with Crippen LogP contribution in [0.1, 0.15) is 29.7 Å². The van der Waals surface area contributed by atoms with Crippen molar-refractivity contribution < 1.29 is 12.9 Å². The third kappa shape index (κ3) is 6.42. The van der Waals surface area contributed by atoms with Crippen molar-refractivity contribution in [2.75, 3.05) is 39.8 Å². The molecule has 10 heteroatoms. The number of aliphatic imine (C=N–C) groups is 1. The van der Waals surface area contributed by atoms with Crippen LogP contribution in [-0.2, 0) is 15.8 Å². The van der Waals surface area contributed by atoms with Crippen molar-refractivity contribution in [1.29, 1.82) is 0 Å². The van der Waals surface area contributed by atoms with Gasteiger partial charge in [0.15, 0.2) is 5.96 Å². The van der Waals surface area contributed by atoms with Crippen molar-refractivity contribution in [3.8, 4) is 0 Å². The first kappa shape index (κ1) is 24.6. The van der Waals surface area contributed by atoms with Gasteiger partial charge in [0.05, 0.1) is 5.69 Å². The largest absolute Gasteiger partial charge is 0.364 e. The number of aromatic nitrogens is 1. The third-order valence-corrected chi connectivity index (χ3v) is 6.99. The molecule has 30 heavy (non-hydrogen) atoms. The summed E-state index contributed by atoms with van der Waals surface area (Å²) in [7, 11) is -1.65. The molecular weight excluding hydrogens is 517 g/mol. The lowest BCUT2D eigenvalue weighted by Crippen LogP contribution is -2.54. The summed E-state index contributed by atoms with van der Waals surface area (Å²) in [5.74, 6) is 1.01. The zero-order chi connectivity index (χ0) is 20.9. The molecule has 166 valence electrons. The number of benzene rings is 1. The molecule has 0 saturated carbocycles. The lowest BCUT2D eigenvalue weighted by molar-refractivity contribution is 0.259. The topological polar surface area (TPSA) is 91.0 Å². The Morgan fingerprint density at radius 3 is 2.43 bits per heavy atom. The molecule has 2 aromatic rings. The Morgan fingerprint density at radius 2 is 1.87 bits per heavy atom. The molecule has 1 fully saturated rings. The average Bonchev–Trinajstić information content (AvgIpc) is 3.21. The number of piperazine rings is 1. The molecule has 0 spiro atoms. The summed E-state index contributed by atoms with van der Waals surface area (Å²) in [6, 6.07) is 10.1. The minimum absolute atomic E-state index is 0. The molecule has 1 aromatic heterocycles. The summed E-state index contributed by atoms with van der Waals surface area (Å²) in [5, 5.41) is 7.13. The van der Waals surface area contributed by atoms with E-state index in [4.69, 9.17) is 4.52 Å². The second-order valence-electron chi connectivity index (χ2n) is 7.37. The van der Waals surface area contributed by atoms with Gasteiger partial charge in [-0.25, -0.2) is 8.42 Å². The Balaban J connectivity index is 0.00000320. The number of guanidine groups is 1. The Kier molecular flexibility index (Phi) is 9.10. The van der Waals surface area contributed by atoms with Crippen molar-refractivity contribution in [3.63, 3.8) is 0 Å². The van der Waals surface area contributed by atoms with Crippen molar-refractivity contribution in [2.24, 2.45) is 4.99 Å². The normalized spacial score (nSPS) is 16.8. The summed E-state index contributed by atoms with van der Waals surface area (Å²) in [4.78, 5) is 6.48. The number of sulfonamides is 1. The van der Waals surface area contributed by atoms with Crippen LogP contribution in [0.4, 0.5) is 0 Å². The Bertz CT molecular complexity index is 908. The van der Waals surface area contributed by atoms with Crippen molar-refractivity contribution in [1.82, 2.24) is 19.7 Å². The van der Waals surface area contributed by atoms with Gasteiger partial charge in [-0.15, -0.1) is 24.0 Å². The number of hydrogen-bond donors (Lipinski definition) is 1. The standard InChI is InChI=1S/C20H29N5O3S.HI/c1-16-4-6-18(7-5-16)17(2)14-22-20(21-3)24-9-11-25(12-10-24)29(26,27)15-19-8-13-28-23-19;/h4-8,13,17H,9-12,14-15H2,1-3H3,(H,21,22);1H. The van der Waals surface area contributed by atoms with Crippen LogP contribution < -0.4 is 5.32 Å². The van der Waals surface area contributed by atoms with Crippen LogP contribution in [0.2, 0.25) is 0 Å². The van der Waals surface area contributed by atoms with E-state index in [-0.39, 0.29) is 29.7 Å². The molecule has 1 N–H and O–H groups in total. The van der Waals surface area contributed by atoms with E-state index in [0.29, 0.717) is 37.8 Å². The zero-order valence-electron chi connectivity index (χ0n) is 17.6. The van der Waals surface area contributed by atoms with E-state index in [1.165, 1.54) is 21.7 Å². The van der Waals surface area contributed by atoms with E-state index in [1.54, 1.807) is 13.1 Å². The fraction of sp³-hybridized carbons (Fsp3) is 0.500. The Labute approximate surface area is 195 Å². The highest BCUT2D eigenvalue weighted by atomic mass is 127. The van der Waals surface area contributed by atoms with Crippen molar-refractivity contribution >= 4 is 40.0 Å². The quantitative estimate of drug-likeness (QED) is 0.340. The maximum Gasteiger partial charge on any atom is 0.220 e. The Morgan fingerprint density at radius 1 is 1.20 bits per heavy atom. The number of rotatable bonds is 6. The van der Waals surface area contributed by atoms with Gasteiger partial charge in [0, 0.05) is 45.8 Å². The molecule has 1 aliphatic rings. The molecule has 1 saturated heterocycles. The summed E-state index contributed by atoms with van der Waals surface area (Å²) >= 11 is 0. The second kappa shape index (κ2) is 11.1. The highest BCUT2D eigenvalue weighted by Gasteiger charge is 2.29. The molecule has 0 radical (unpaired) electrons. The first-order valence-corrected chi connectivity index (χ1v) is 11.4. The maximum absolute atomic E-state index is 12.6. The molecule has 1 aliphatic heterocycles. The predicted octanol–water partition coefficient (Wildman–Crippen LogP) is 2.43. The second-order valence-corrected chi connectivity index (χ2v) is 9.34. The van der Waals surface area contributed by atoms with Gasteiger partial charge >= 0.3 is 0 Å². The highest BCUT2D eigenvalue weighted by molar-refractivity contribution is 14.0. The molecule has 8 nitrogen and oxygen atoms in total. The van der Waals surface area contributed by atoms with Crippen LogP contribution in [0.15, 0.2) is 46.1 Å². The number of aryl methyl sites for hydroxylation is 1. The SMILES string of the molecule is CN=C(NCC(C)c1ccc(C)cc1)N1CCN(S(=O)(=O)Cc2ccon2)CC1.I. The zero-order valence-corrected chi connectivity index (χ0v) is 20.8. The highest BCUT2D eigenvalue weighted by Crippen LogP contribution is 2.16. The molecule has 0 bridgehead atoms. The minimum atomic E-state index is -3.40. The fourth-order valence-electron chi connectivity index (χ4n) is 3.36. The van der Waals surface area contributed by atoms with Gasteiger partial charge in [-0.1, -0.05) is 41.9 Å². The van der Waals surface area contributed by atoms with Crippen LogP contribution in [-0.4, -0.2) is 68.5 Å². The summed E-state index contributed by atoms with van der Waals surface area (Å²) in [6.07, 6.45) is 1.38. The van der Waals surface area contributed by atoms with E-state index in [1.807, 2.05) is 0 Å². The lowest BCUT2D eigenvalue weighted by Gasteiger charge is -2.36. The first-order chi connectivity index (χ1) is 13.9. The van der Waals surface area contributed by atoms with Gasteiger partial charge in [-0.3, -0.25) is 4.99 Å². The van der Waals surface area contributed by atoms with Crippen molar-refractivity contribution in [3.05, 3.63) is 53.4 Å². The Hall–Kier alpha value is -1.66. The van der Waals surface area contributed by atoms with Gasteiger partial charge < -0.3 is 14.7 Å². The van der Waals surface area contributed by atoms with Crippen LogP contribution in [0.5, 0.6) is 0 Å². The van der Waals surface area contributed by atoms with Crippen LogP contribution >= 0.6 is 24.0 Å². The summed E-state index contributed by atoms with van der Waals surface area (Å²) in [6.45, 7) is 7.07. The molecule has 2 heterocycles. The summed E-state index contributed by atoms with van der Waals surface area (Å²) < 4.78 is 31.4. The number of nitrogens with one attached hydrogen (secondary N) is 1. The van der Waals surface area contributed by atoms with E-state index in [2.05, 4.69) is 58.5 Å². The van der Waals surface area contributed by atoms with Crippen molar-refractivity contribution in [2.45, 2.75) is 25.5 Å². The first-order valence-electron chi connectivity index (χ1n) is 9.78. The molecule has 1 unspecified atom stereocenters. The monoisotopic (exact) mass is 547 g/mol. The number of nitrogens with zero attached hydrogens (tertiary/aromatic N) is 4. The van der Waals surface area contributed by atoms with E-state index < -0.39 is 10.0 Å². The predicted molar refractivity (Wildman–Crippen MR) is 129 cm³/mol. The lowest BCUT2D eigenvalue weighted by atomic mass is 10.0. The minimum Gasteiger partial charge on any atom is -0.364 e. The van der Waals surface area contributed by atoms with E-state index >= 15 is 0 Å². The third-order valence-electron chi connectivity index (χ3n) is 5.18.